The molecule has 5 heteroatoms. The summed E-state index contributed by atoms with van der Waals surface area (Å²) in [5.74, 6) is 5.41. The molecule has 0 spiro atoms. The Morgan fingerprint density at radius 3 is 2.55 bits per heavy atom. The van der Waals surface area contributed by atoms with Crippen molar-refractivity contribution in [2.45, 2.75) is 13.3 Å². The third-order valence-corrected chi connectivity index (χ3v) is 2.11. The zero-order chi connectivity index (χ0) is 8.74. The Morgan fingerprint density at radius 1 is 1.45 bits per heavy atom. The Morgan fingerprint density at radius 2 is 2.09 bits per heavy atom. The molecule has 64 valence electrons. The van der Waals surface area contributed by atoms with Gasteiger partial charge in [-0.3, -0.25) is 0 Å². The number of rotatable bonds is 4. The van der Waals surface area contributed by atoms with E-state index in [1.54, 1.807) is 6.92 Å². The highest BCUT2D eigenvalue weighted by molar-refractivity contribution is 7.87. The van der Waals surface area contributed by atoms with Crippen molar-refractivity contribution in [1.29, 1.82) is 0 Å². The van der Waals surface area contributed by atoms with Crippen LogP contribution in [0.4, 0.5) is 0 Å². The van der Waals surface area contributed by atoms with Crippen molar-refractivity contribution in [2.24, 2.45) is 0 Å². The topological polar surface area (TPSA) is 58.2 Å². The first kappa shape index (κ1) is 10.4. The van der Waals surface area contributed by atoms with E-state index in [0.29, 0.717) is 13.0 Å². The molecule has 0 amide bonds. The van der Waals surface area contributed by atoms with Gasteiger partial charge in [0.05, 0.1) is 0 Å². The standard InChI is InChI=1S/C6H12N2O2S/c1-3-4-5-6-8-11(9,10)7-2/h7-8H,5-6H2,1-2H3. The van der Waals surface area contributed by atoms with Crippen molar-refractivity contribution >= 4 is 10.2 Å². The van der Waals surface area contributed by atoms with Crippen molar-refractivity contribution in [3.63, 3.8) is 0 Å². The Bertz CT molecular complexity index is 247. The molecule has 0 aromatic carbocycles. The van der Waals surface area contributed by atoms with Crippen LogP contribution in [0.15, 0.2) is 0 Å². The van der Waals surface area contributed by atoms with E-state index >= 15 is 0 Å². The maximum atomic E-state index is 10.7. The van der Waals surface area contributed by atoms with Crippen molar-refractivity contribution in [3.8, 4) is 11.8 Å². The second-order valence-corrected chi connectivity index (χ2v) is 3.48. The molecule has 2 N–H and O–H groups in total. The summed E-state index contributed by atoms with van der Waals surface area (Å²) in [5.41, 5.74) is 0. The molecular formula is C6H12N2O2S. The van der Waals surface area contributed by atoms with Crippen molar-refractivity contribution in [2.75, 3.05) is 13.6 Å². The number of hydrogen-bond donors (Lipinski definition) is 2. The maximum Gasteiger partial charge on any atom is 0.276 e. The van der Waals surface area contributed by atoms with E-state index in [-0.39, 0.29) is 0 Å². The summed E-state index contributed by atoms with van der Waals surface area (Å²) in [6, 6.07) is 0. The molecule has 0 heterocycles. The molecule has 11 heavy (non-hydrogen) atoms. The molecular weight excluding hydrogens is 164 g/mol. The first-order valence-corrected chi connectivity index (χ1v) is 4.68. The molecule has 0 atom stereocenters. The van der Waals surface area contributed by atoms with Gasteiger partial charge in [0, 0.05) is 20.0 Å². The molecule has 0 aromatic rings. The molecule has 0 aromatic heterocycles. The summed E-state index contributed by atoms with van der Waals surface area (Å²) in [7, 11) is -1.91. The largest absolute Gasteiger partial charge is 0.276 e. The van der Waals surface area contributed by atoms with Gasteiger partial charge >= 0.3 is 0 Å². The Hall–Kier alpha value is -0.570. The van der Waals surface area contributed by atoms with Crippen LogP contribution in [0.3, 0.4) is 0 Å². The summed E-state index contributed by atoms with van der Waals surface area (Å²) >= 11 is 0. The van der Waals surface area contributed by atoms with Crippen molar-refractivity contribution < 1.29 is 8.42 Å². The lowest BCUT2D eigenvalue weighted by Crippen LogP contribution is -2.34. The average Bonchev–Trinajstić information content (AvgIpc) is 1.99. The Balaban J connectivity index is 3.60. The molecule has 0 aliphatic carbocycles. The zero-order valence-corrected chi connectivity index (χ0v) is 7.46. The van der Waals surface area contributed by atoms with Gasteiger partial charge in [-0.1, -0.05) is 0 Å². The average molecular weight is 176 g/mol. The van der Waals surface area contributed by atoms with Crippen molar-refractivity contribution in [3.05, 3.63) is 0 Å². The molecule has 0 radical (unpaired) electrons. The molecule has 0 saturated heterocycles. The quantitative estimate of drug-likeness (QED) is 0.446. The summed E-state index contributed by atoms with van der Waals surface area (Å²) in [6.45, 7) is 2.07. The SMILES string of the molecule is CC#CCCNS(=O)(=O)NC. The first-order chi connectivity index (χ1) is 5.12. The molecule has 0 saturated carbocycles. The van der Waals surface area contributed by atoms with Crippen LogP contribution in [0.1, 0.15) is 13.3 Å². The van der Waals surface area contributed by atoms with E-state index < -0.39 is 10.2 Å². The monoisotopic (exact) mass is 176 g/mol. The number of hydrogen-bond acceptors (Lipinski definition) is 2. The normalized spacial score (nSPS) is 10.4. The Kier molecular flexibility index (Phi) is 4.86. The lowest BCUT2D eigenvalue weighted by Gasteiger charge is -2.00. The van der Waals surface area contributed by atoms with Gasteiger partial charge < -0.3 is 0 Å². The van der Waals surface area contributed by atoms with Crippen LogP contribution in [0.2, 0.25) is 0 Å². The van der Waals surface area contributed by atoms with Crippen LogP contribution in [-0.4, -0.2) is 22.0 Å². The molecule has 0 aliphatic rings. The lowest BCUT2D eigenvalue weighted by atomic mass is 10.4. The van der Waals surface area contributed by atoms with E-state index in [9.17, 15) is 8.42 Å². The highest BCUT2D eigenvalue weighted by Crippen LogP contribution is 1.76. The van der Waals surface area contributed by atoms with Crippen LogP contribution >= 0.6 is 0 Å². The van der Waals surface area contributed by atoms with Crippen LogP contribution in [0.5, 0.6) is 0 Å². The lowest BCUT2D eigenvalue weighted by molar-refractivity contribution is 0.574. The van der Waals surface area contributed by atoms with Gasteiger partial charge in [-0.05, 0) is 6.92 Å². The molecule has 0 rings (SSSR count). The smallest absolute Gasteiger partial charge is 0.205 e. The van der Waals surface area contributed by atoms with Gasteiger partial charge in [-0.25, -0.2) is 9.44 Å². The molecule has 0 aliphatic heterocycles. The second kappa shape index (κ2) is 5.13. The highest BCUT2D eigenvalue weighted by atomic mass is 32.2. The van der Waals surface area contributed by atoms with E-state index in [1.807, 2.05) is 0 Å². The van der Waals surface area contributed by atoms with E-state index in [4.69, 9.17) is 0 Å². The first-order valence-electron chi connectivity index (χ1n) is 3.20. The summed E-state index contributed by atoms with van der Waals surface area (Å²) in [4.78, 5) is 0. The summed E-state index contributed by atoms with van der Waals surface area (Å²) in [5, 5.41) is 0. The van der Waals surface area contributed by atoms with Gasteiger partial charge in [0.15, 0.2) is 0 Å². The highest BCUT2D eigenvalue weighted by Gasteiger charge is 2.01. The third-order valence-electron chi connectivity index (χ3n) is 0.988. The zero-order valence-electron chi connectivity index (χ0n) is 6.64. The Labute approximate surface area is 67.6 Å². The van der Waals surface area contributed by atoms with E-state index in [1.165, 1.54) is 7.05 Å². The molecule has 0 fully saturated rings. The van der Waals surface area contributed by atoms with E-state index in [2.05, 4.69) is 21.3 Å². The minimum atomic E-state index is -3.27. The number of nitrogens with one attached hydrogen (secondary N) is 2. The van der Waals surface area contributed by atoms with Crippen LogP contribution in [0, 0.1) is 11.8 Å². The van der Waals surface area contributed by atoms with Gasteiger partial charge in [0.2, 0.25) is 0 Å². The van der Waals surface area contributed by atoms with Crippen LogP contribution < -0.4 is 9.44 Å². The predicted molar refractivity (Wildman–Crippen MR) is 44.0 cm³/mol. The van der Waals surface area contributed by atoms with Crippen LogP contribution in [0.25, 0.3) is 0 Å². The van der Waals surface area contributed by atoms with Gasteiger partial charge in [-0.15, -0.1) is 11.8 Å². The van der Waals surface area contributed by atoms with E-state index in [0.717, 1.165) is 0 Å². The minimum Gasteiger partial charge on any atom is -0.205 e. The molecule has 0 unspecified atom stereocenters. The fraction of sp³-hybridized carbons (Fsp3) is 0.667. The van der Waals surface area contributed by atoms with Gasteiger partial charge in [0.25, 0.3) is 10.2 Å². The minimum absolute atomic E-state index is 0.351. The fourth-order valence-corrected chi connectivity index (χ4v) is 0.960. The second-order valence-electron chi connectivity index (χ2n) is 1.78. The summed E-state index contributed by atoms with van der Waals surface area (Å²) in [6.07, 6.45) is 0.539. The van der Waals surface area contributed by atoms with Gasteiger partial charge in [0.1, 0.15) is 0 Å². The fourth-order valence-electron chi connectivity index (χ4n) is 0.445. The molecule has 0 bridgehead atoms. The van der Waals surface area contributed by atoms with Crippen molar-refractivity contribution in [1.82, 2.24) is 9.44 Å². The predicted octanol–water partition coefficient (Wildman–Crippen LogP) is -0.546. The third kappa shape index (κ3) is 5.85. The van der Waals surface area contributed by atoms with Gasteiger partial charge in [-0.2, -0.15) is 8.42 Å². The summed E-state index contributed by atoms with van der Waals surface area (Å²) < 4.78 is 25.8. The molecule has 4 nitrogen and oxygen atoms in total. The van der Waals surface area contributed by atoms with Crippen LogP contribution in [-0.2, 0) is 10.2 Å². The maximum absolute atomic E-state index is 10.7.